The zero-order valence-corrected chi connectivity index (χ0v) is 19.4. The monoisotopic (exact) mass is 447 g/mol. The fourth-order valence-electron chi connectivity index (χ4n) is 4.12. The molecular weight excluding hydrogens is 418 g/mol. The molecule has 0 atom stereocenters. The van der Waals surface area contributed by atoms with Crippen molar-refractivity contribution in [2.75, 3.05) is 11.5 Å². The summed E-state index contributed by atoms with van der Waals surface area (Å²) in [6, 6.07) is 14.9. The molecule has 0 radical (unpaired) electrons. The lowest BCUT2D eigenvalue weighted by Crippen LogP contribution is -2.23. The molecule has 0 aliphatic carbocycles. The fourth-order valence-corrected chi connectivity index (χ4v) is 4.12. The van der Waals surface area contributed by atoms with E-state index in [2.05, 4.69) is 13.8 Å². The summed E-state index contributed by atoms with van der Waals surface area (Å²) in [5, 5.41) is 10.8. The predicted octanol–water partition coefficient (Wildman–Crippen LogP) is 5.45. The lowest BCUT2D eigenvalue weighted by atomic mass is 9.99. The number of hydrogen-bond acceptors (Lipinski definition) is 4. The topological polar surface area (TPSA) is 76.1 Å². The highest BCUT2D eigenvalue weighted by molar-refractivity contribution is 6.16. The summed E-state index contributed by atoms with van der Waals surface area (Å²) in [7, 11) is 0. The van der Waals surface area contributed by atoms with Crippen LogP contribution in [0.15, 0.2) is 48.5 Å². The SMILES string of the molecule is CC(C)COc1c2c(c(OC(C)C)c3ccccc13)CN(c1ccc(CC(=O)O)cc1)C2=O. The van der Waals surface area contributed by atoms with Gasteiger partial charge in [0.1, 0.15) is 11.5 Å². The average Bonchev–Trinajstić information content (AvgIpc) is 3.10. The van der Waals surface area contributed by atoms with Crippen LogP contribution >= 0.6 is 0 Å². The van der Waals surface area contributed by atoms with Crippen molar-refractivity contribution in [3.8, 4) is 11.5 Å². The molecule has 0 saturated carbocycles. The minimum Gasteiger partial charge on any atom is -0.492 e. The van der Waals surface area contributed by atoms with Crippen molar-refractivity contribution >= 4 is 28.3 Å². The number of hydrogen-bond donors (Lipinski definition) is 1. The van der Waals surface area contributed by atoms with E-state index in [0.717, 1.165) is 16.3 Å². The molecule has 172 valence electrons. The van der Waals surface area contributed by atoms with Gasteiger partial charge in [-0.3, -0.25) is 9.59 Å². The van der Waals surface area contributed by atoms with Crippen LogP contribution in [-0.4, -0.2) is 29.7 Å². The highest BCUT2D eigenvalue weighted by Crippen LogP contribution is 2.46. The molecule has 1 amide bonds. The molecule has 0 aromatic heterocycles. The van der Waals surface area contributed by atoms with Gasteiger partial charge in [0.2, 0.25) is 0 Å². The zero-order chi connectivity index (χ0) is 23.7. The first-order chi connectivity index (χ1) is 15.8. The van der Waals surface area contributed by atoms with Gasteiger partial charge >= 0.3 is 5.97 Å². The number of amides is 1. The third-order valence-electron chi connectivity index (χ3n) is 5.51. The number of nitrogens with zero attached hydrogens (tertiary/aromatic N) is 1. The predicted molar refractivity (Wildman–Crippen MR) is 128 cm³/mol. The van der Waals surface area contributed by atoms with Crippen LogP contribution in [0.25, 0.3) is 10.8 Å². The number of carbonyl (C=O) groups is 2. The Morgan fingerprint density at radius 1 is 1.00 bits per heavy atom. The van der Waals surface area contributed by atoms with Crippen molar-refractivity contribution in [1.29, 1.82) is 0 Å². The van der Waals surface area contributed by atoms with E-state index < -0.39 is 5.97 Å². The minimum absolute atomic E-state index is 0.0561. The molecule has 1 aliphatic heterocycles. The van der Waals surface area contributed by atoms with E-state index in [4.69, 9.17) is 14.6 Å². The Kier molecular flexibility index (Phi) is 6.27. The van der Waals surface area contributed by atoms with Gasteiger partial charge in [-0.15, -0.1) is 0 Å². The van der Waals surface area contributed by atoms with Crippen LogP contribution < -0.4 is 14.4 Å². The summed E-state index contributed by atoms with van der Waals surface area (Å²) in [6.07, 6.45) is -0.112. The van der Waals surface area contributed by atoms with E-state index in [1.54, 1.807) is 29.2 Å². The second kappa shape index (κ2) is 9.14. The fraction of sp³-hybridized carbons (Fsp3) is 0.333. The number of aliphatic carboxylic acids is 1. The second-order valence-electron chi connectivity index (χ2n) is 9.06. The smallest absolute Gasteiger partial charge is 0.307 e. The normalized spacial score (nSPS) is 13.2. The first-order valence-electron chi connectivity index (χ1n) is 11.3. The van der Waals surface area contributed by atoms with Gasteiger partial charge in [-0.05, 0) is 37.5 Å². The Hall–Kier alpha value is -3.54. The van der Waals surface area contributed by atoms with Crippen LogP contribution in [-0.2, 0) is 17.8 Å². The molecule has 6 heteroatoms. The Labute approximate surface area is 193 Å². The largest absolute Gasteiger partial charge is 0.492 e. The van der Waals surface area contributed by atoms with E-state index in [1.807, 2.05) is 38.1 Å². The average molecular weight is 448 g/mol. The van der Waals surface area contributed by atoms with Crippen molar-refractivity contribution in [2.45, 2.75) is 46.8 Å². The van der Waals surface area contributed by atoms with Gasteiger partial charge in [0, 0.05) is 22.0 Å². The van der Waals surface area contributed by atoms with Gasteiger partial charge < -0.3 is 19.5 Å². The summed E-state index contributed by atoms with van der Waals surface area (Å²) in [5.74, 6) is 0.585. The third kappa shape index (κ3) is 4.51. The lowest BCUT2D eigenvalue weighted by molar-refractivity contribution is -0.136. The number of carbonyl (C=O) groups excluding carboxylic acids is 1. The molecule has 33 heavy (non-hydrogen) atoms. The molecule has 1 aliphatic rings. The molecule has 0 fully saturated rings. The molecule has 0 saturated heterocycles. The van der Waals surface area contributed by atoms with E-state index in [9.17, 15) is 9.59 Å². The number of ether oxygens (including phenoxy) is 2. The third-order valence-corrected chi connectivity index (χ3v) is 5.51. The number of rotatable bonds is 8. The van der Waals surface area contributed by atoms with Crippen LogP contribution in [0.1, 0.15) is 49.2 Å². The van der Waals surface area contributed by atoms with Gasteiger partial charge in [0.15, 0.2) is 0 Å². The summed E-state index contributed by atoms with van der Waals surface area (Å²) >= 11 is 0. The van der Waals surface area contributed by atoms with Crippen molar-refractivity contribution in [3.05, 3.63) is 65.2 Å². The van der Waals surface area contributed by atoms with E-state index >= 15 is 0 Å². The van der Waals surface area contributed by atoms with Gasteiger partial charge in [-0.25, -0.2) is 0 Å². The number of anilines is 1. The van der Waals surface area contributed by atoms with Crippen LogP contribution in [0.2, 0.25) is 0 Å². The lowest BCUT2D eigenvalue weighted by Gasteiger charge is -2.20. The molecule has 1 heterocycles. The van der Waals surface area contributed by atoms with Gasteiger partial charge in [0.05, 0.1) is 31.2 Å². The summed E-state index contributed by atoms with van der Waals surface area (Å²) < 4.78 is 12.5. The molecule has 0 unspecified atom stereocenters. The maximum absolute atomic E-state index is 13.7. The quantitative estimate of drug-likeness (QED) is 0.497. The number of carboxylic acids is 1. The molecule has 1 N–H and O–H groups in total. The Balaban J connectivity index is 1.84. The van der Waals surface area contributed by atoms with E-state index in [0.29, 0.717) is 47.4 Å². The molecule has 4 rings (SSSR count). The maximum Gasteiger partial charge on any atom is 0.307 e. The van der Waals surface area contributed by atoms with Crippen LogP contribution in [0.5, 0.6) is 11.5 Å². The van der Waals surface area contributed by atoms with Crippen LogP contribution in [0, 0.1) is 5.92 Å². The highest BCUT2D eigenvalue weighted by Gasteiger charge is 2.37. The Morgan fingerprint density at radius 3 is 2.21 bits per heavy atom. The van der Waals surface area contributed by atoms with Crippen molar-refractivity contribution in [2.24, 2.45) is 5.92 Å². The first-order valence-corrected chi connectivity index (χ1v) is 11.3. The standard InChI is InChI=1S/C27H29NO5/c1-16(2)15-32-26-21-8-6-5-7-20(21)25(33-17(3)4)22-14-28(27(31)24(22)26)19-11-9-18(10-12-19)13-23(29)30/h5-12,16-17H,13-15H2,1-4H3,(H,29,30). The molecule has 0 spiro atoms. The molecule has 0 bridgehead atoms. The van der Waals surface area contributed by atoms with Crippen LogP contribution in [0.3, 0.4) is 0 Å². The number of fused-ring (bicyclic) bond motifs is 2. The number of carboxylic acid groups (broad SMARTS) is 1. The van der Waals surface area contributed by atoms with Gasteiger partial charge in [0.25, 0.3) is 5.91 Å². The maximum atomic E-state index is 13.7. The molecule has 3 aromatic carbocycles. The van der Waals surface area contributed by atoms with Crippen molar-refractivity contribution < 1.29 is 24.2 Å². The zero-order valence-electron chi connectivity index (χ0n) is 19.4. The summed E-state index contributed by atoms with van der Waals surface area (Å²) in [4.78, 5) is 26.4. The minimum atomic E-state index is -0.887. The molecule has 6 nitrogen and oxygen atoms in total. The van der Waals surface area contributed by atoms with E-state index in [-0.39, 0.29) is 18.4 Å². The van der Waals surface area contributed by atoms with Crippen LogP contribution in [0.4, 0.5) is 5.69 Å². The van der Waals surface area contributed by atoms with E-state index in [1.165, 1.54) is 0 Å². The van der Waals surface area contributed by atoms with Crippen molar-refractivity contribution in [3.63, 3.8) is 0 Å². The second-order valence-corrected chi connectivity index (χ2v) is 9.06. The first kappa shape index (κ1) is 22.6. The Morgan fingerprint density at radius 2 is 1.64 bits per heavy atom. The Bertz CT molecular complexity index is 1200. The summed E-state index contributed by atoms with van der Waals surface area (Å²) in [6.45, 7) is 8.95. The van der Waals surface area contributed by atoms with Gasteiger partial charge in [-0.2, -0.15) is 0 Å². The molecular formula is C27H29NO5. The molecule has 3 aromatic rings. The number of benzene rings is 3. The highest BCUT2D eigenvalue weighted by atomic mass is 16.5. The van der Waals surface area contributed by atoms with Gasteiger partial charge in [-0.1, -0.05) is 50.2 Å². The van der Waals surface area contributed by atoms with Crippen molar-refractivity contribution in [1.82, 2.24) is 0 Å². The summed E-state index contributed by atoms with van der Waals surface area (Å²) in [5.41, 5.74) is 2.76.